The molecule has 1 aromatic carbocycles. The first-order valence-corrected chi connectivity index (χ1v) is 13.0. The van der Waals surface area contributed by atoms with Crippen LogP contribution in [0.15, 0.2) is 36.9 Å². The summed E-state index contributed by atoms with van der Waals surface area (Å²) in [5.74, 6) is 1.24. The molecule has 8 heteroatoms. The van der Waals surface area contributed by atoms with Crippen molar-refractivity contribution in [3.05, 3.63) is 59.4 Å². The molecule has 0 bridgehead atoms. The molecule has 5 atom stereocenters. The second-order valence-corrected chi connectivity index (χ2v) is 11.0. The van der Waals surface area contributed by atoms with Crippen LogP contribution in [-0.4, -0.2) is 52.5 Å². The van der Waals surface area contributed by atoms with E-state index in [4.69, 9.17) is 9.47 Å². The molecular weight excluding hydrogens is 474 g/mol. The van der Waals surface area contributed by atoms with E-state index >= 15 is 0 Å². The minimum atomic E-state index is -0.472. The molecule has 0 spiro atoms. The molecular formula is C28H39N3O4S. The molecule has 0 aliphatic carbocycles. The third kappa shape index (κ3) is 5.19. The molecule has 2 heterocycles. The summed E-state index contributed by atoms with van der Waals surface area (Å²) in [7, 11) is 1.33. The number of benzene rings is 1. The number of aromatic amines is 1. The number of methoxy groups -OCH3 is 1. The molecule has 3 rings (SSSR count). The Labute approximate surface area is 220 Å². The number of nitrogens with zero attached hydrogens (tertiary/aromatic N) is 2. The monoisotopic (exact) mass is 513 g/mol. The maximum absolute atomic E-state index is 13.9. The van der Waals surface area contributed by atoms with Crippen LogP contribution in [0, 0.1) is 17.8 Å². The van der Waals surface area contributed by atoms with Gasteiger partial charge in [-0.05, 0) is 36.5 Å². The average Bonchev–Trinajstić information content (AvgIpc) is 3.41. The quantitative estimate of drug-likeness (QED) is 0.259. The number of para-hydroxylation sites is 1. The number of carbonyl (C=O) groups excluding carboxylic acids is 2. The number of nitrogens with one attached hydrogen (secondary N) is 1. The first-order chi connectivity index (χ1) is 17.0. The van der Waals surface area contributed by atoms with Crippen molar-refractivity contribution >= 4 is 24.5 Å². The smallest absolute Gasteiger partial charge is 0.343 e. The van der Waals surface area contributed by atoms with Crippen LogP contribution in [0.2, 0.25) is 0 Å². The molecule has 0 saturated heterocycles. The molecule has 2 unspecified atom stereocenters. The summed E-state index contributed by atoms with van der Waals surface area (Å²) in [6, 6.07) is 6.99. The average molecular weight is 514 g/mol. The van der Waals surface area contributed by atoms with Crippen LogP contribution in [0.3, 0.4) is 0 Å². The molecule has 2 aromatic rings. The first kappa shape index (κ1) is 27.8. The highest BCUT2D eigenvalue weighted by Crippen LogP contribution is 2.47. The Morgan fingerprint density at radius 1 is 1.28 bits per heavy atom. The van der Waals surface area contributed by atoms with Crippen molar-refractivity contribution in [2.45, 2.75) is 59.0 Å². The first-order valence-electron chi connectivity index (χ1n) is 12.4. The summed E-state index contributed by atoms with van der Waals surface area (Å²) in [5, 5.41) is 7.62. The van der Waals surface area contributed by atoms with Crippen molar-refractivity contribution in [1.82, 2.24) is 15.1 Å². The zero-order valence-corrected chi connectivity index (χ0v) is 23.3. The molecule has 7 nitrogen and oxygen atoms in total. The zero-order chi connectivity index (χ0) is 26.8. The predicted molar refractivity (Wildman–Crippen MR) is 145 cm³/mol. The fourth-order valence-electron chi connectivity index (χ4n) is 5.09. The van der Waals surface area contributed by atoms with Gasteiger partial charge in [-0.2, -0.15) is 17.7 Å². The van der Waals surface area contributed by atoms with Crippen LogP contribution in [0.4, 0.5) is 0 Å². The van der Waals surface area contributed by atoms with E-state index in [2.05, 4.69) is 70.9 Å². The SMILES string of the molecule is C=CC(C)[C@H](CS)[C@H](C)[C@H](C)N1C(=O)c2n[nH]c(C(C)(C)C)c2C1c1ccccc1OCC(=O)OC. The number of amides is 1. The van der Waals surface area contributed by atoms with Crippen molar-refractivity contribution in [3.63, 3.8) is 0 Å². The number of H-pyrrole nitrogens is 1. The highest BCUT2D eigenvalue weighted by atomic mass is 32.1. The fraction of sp³-hybridized carbons (Fsp3) is 0.536. The number of rotatable bonds is 10. The van der Waals surface area contributed by atoms with Gasteiger partial charge in [-0.3, -0.25) is 9.89 Å². The Morgan fingerprint density at radius 2 is 1.94 bits per heavy atom. The summed E-state index contributed by atoms with van der Waals surface area (Å²) >= 11 is 4.63. The summed E-state index contributed by atoms with van der Waals surface area (Å²) < 4.78 is 10.7. The van der Waals surface area contributed by atoms with E-state index in [0.29, 0.717) is 17.2 Å². The second kappa shape index (κ2) is 11.1. The number of aromatic nitrogens is 2. The predicted octanol–water partition coefficient (Wildman–Crippen LogP) is 5.20. The number of hydrogen-bond donors (Lipinski definition) is 2. The molecule has 1 aliphatic rings. The number of ether oxygens (including phenoxy) is 2. The number of allylic oxidation sites excluding steroid dienone is 1. The second-order valence-electron chi connectivity index (χ2n) is 10.7. The van der Waals surface area contributed by atoms with Gasteiger partial charge in [-0.15, -0.1) is 6.58 Å². The van der Waals surface area contributed by atoms with Crippen LogP contribution in [0.25, 0.3) is 0 Å². The minimum Gasteiger partial charge on any atom is -0.482 e. The van der Waals surface area contributed by atoms with Gasteiger partial charge in [-0.25, -0.2) is 4.79 Å². The van der Waals surface area contributed by atoms with E-state index in [1.807, 2.05) is 35.2 Å². The van der Waals surface area contributed by atoms with E-state index in [0.717, 1.165) is 16.8 Å². The van der Waals surface area contributed by atoms with Crippen LogP contribution >= 0.6 is 12.6 Å². The Morgan fingerprint density at radius 3 is 2.53 bits per heavy atom. The number of carbonyl (C=O) groups is 2. The normalized spacial score (nSPS) is 18.8. The van der Waals surface area contributed by atoms with Crippen molar-refractivity contribution < 1.29 is 19.1 Å². The van der Waals surface area contributed by atoms with Crippen LogP contribution < -0.4 is 4.74 Å². The molecule has 1 amide bonds. The van der Waals surface area contributed by atoms with Gasteiger partial charge in [-0.1, -0.05) is 58.9 Å². The van der Waals surface area contributed by atoms with Gasteiger partial charge in [0.25, 0.3) is 5.91 Å². The van der Waals surface area contributed by atoms with Crippen molar-refractivity contribution in [2.24, 2.45) is 17.8 Å². The summed E-state index contributed by atoms with van der Waals surface area (Å²) in [5.41, 5.74) is 2.74. The topological polar surface area (TPSA) is 84.5 Å². The summed E-state index contributed by atoms with van der Waals surface area (Å²) in [6.07, 6.45) is 1.95. The molecule has 0 saturated carbocycles. The van der Waals surface area contributed by atoms with E-state index < -0.39 is 12.0 Å². The fourth-order valence-corrected chi connectivity index (χ4v) is 5.75. The third-order valence-electron chi connectivity index (χ3n) is 7.46. The van der Waals surface area contributed by atoms with Crippen molar-refractivity contribution in [1.29, 1.82) is 0 Å². The Bertz CT molecular complexity index is 1110. The third-order valence-corrected chi connectivity index (χ3v) is 7.88. The van der Waals surface area contributed by atoms with Gasteiger partial charge in [0, 0.05) is 28.3 Å². The van der Waals surface area contributed by atoms with Crippen LogP contribution in [0.1, 0.15) is 74.9 Å². The van der Waals surface area contributed by atoms with Crippen molar-refractivity contribution in [3.8, 4) is 5.75 Å². The molecule has 1 N–H and O–H groups in total. The number of thiol groups is 1. The standard InChI is InChI=1S/C28H39N3O4S/c1-9-16(2)20(15-36)17(3)18(4)31-25(19-12-10-11-13-21(19)35-14-22(32)34-8)23-24(27(31)33)29-30-26(23)28(5,6)7/h9-13,16-18,20,25,36H,1,14-15H2,2-8H3,(H,29,30)/t16?,17-,18+,20+,25?/m1/s1. The number of fused-ring (bicyclic) bond motifs is 1. The van der Waals surface area contributed by atoms with Gasteiger partial charge in [0.05, 0.1) is 13.2 Å². The maximum Gasteiger partial charge on any atom is 0.343 e. The molecule has 196 valence electrons. The largest absolute Gasteiger partial charge is 0.482 e. The van der Waals surface area contributed by atoms with Gasteiger partial charge >= 0.3 is 5.97 Å². The van der Waals surface area contributed by atoms with E-state index in [-0.39, 0.29) is 41.7 Å². The van der Waals surface area contributed by atoms with Gasteiger partial charge in [0.1, 0.15) is 5.75 Å². The number of esters is 1. The minimum absolute atomic E-state index is 0.118. The van der Waals surface area contributed by atoms with Gasteiger partial charge in [0.2, 0.25) is 0 Å². The van der Waals surface area contributed by atoms with Crippen molar-refractivity contribution in [2.75, 3.05) is 19.5 Å². The van der Waals surface area contributed by atoms with Crippen LogP contribution in [0.5, 0.6) is 5.75 Å². The van der Waals surface area contributed by atoms with E-state index in [9.17, 15) is 9.59 Å². The molecule has 0 radical (unpaired) electrons. The Kier molecular flexibility index (Phi) is 8.59. The van der Waals surface area contributed by atoms with Crippen LogP contribution in [-0.2, 0) is 14.9 Å². The lowest BCUT2D eigenvalue weighted by Gasteiger charge is -2.40. The number of hydrogen-bond acceptors (Lipinski definition) is 6. The van der Waals surface area contributed by atoms with Gasteiger partial charge < -0.3 is 14.4 Å². The molecule has 1 aliphatic heterocycles. The zero-order valence-electron chi connectivity index (χ0n) is 22.4. The molecule has 36 heavy (non-hydrogen) atoms. The lowest BCUT2D eigenvalue weighted by atomic mass is 9.80. The maximum atomic E-state index is 13.9. The molecule has 1 aromatic heterocycles. The Hall–Kier alpha value is -2.74. The summed E-state index contributed by atoms with van der Waals surface area (Å²) in [6.45, 7) is 16.4. The lowest BCUT2D eigenvalue weighted by molar-refractivity contribution is -0.142. The van der Waals surface area contributed by atoms with Gasteiger partial charge in [0.15, 0.2) is 12.3 Å². The highest BCUT2D eigenvalue weighted by Gasteiger charge is 2.48. The summed E-state index contributed by atoms with van der Waals surface area (Å²) in [4.78, 5) is 27.7. The highest BCUT2D eigenvalue weighted by molar-refractivity contribution is 7.80. The van der Waals surface area contributed by atoms with E-state index in [1.165, 1.54) is 7.11 Å². The van der Waals surface area contributed by atoms with E-state index in [1.54, 1.807) is 0 Å². The Balaban J connectivity index is 2.16. The lowest BCUT2D eigenvalue weighted by Crippen LogP contribution is -2.44. The molecule has 0 fully saturated rings.